The molecule has 160 valence electrons. The molecule has 4 rings (SSSR count). The van der Waals surface area contributed by atoms with Gasteiger partial charge in [-0.3, -0.25) is 14.5 Å². The number of nitrogens with zero attached hydrogens (tertiary/aromatic N) is 2. The number of rotatable bonds is 5. The maximum Gasteiger partial charge on any atom is 0.241 e. The lowest BCUT2D eigenvalue weighted by Crippen LogP contribution is -2.41. The van der Waals surface area contributed by atoms with Gasteiger partial charge in [0.05, 0.1) is 6.04 Å². The number of halogens is 1. The van der Waals surface area contributed by atoms with E-state index in [4.69, 9.17) is 5.73 Å². The summed E-state index contributed by atoms with van der Waals surface area (Å²) in [6.07, 6.45) is 1.51. The average Bonchev–Trinajstić information content (AvgIpc) is 3.34. The zero-order valence-electron chi connectivity index (χ0n) is 17.2. The monoisotopic (exact) mass is 428 g/mol. The number of benzene rings is 2. The van der Waals surface area contributed by atoms with E-state index < -0.39 is 0 Å². The van der Waals surface area contributed by atoms with Gasteiger partial charge in [-0.15, -0.1) is 12.4 Å². The largest absolute Gasteiger partial charge is 0.326 e. The second-order valence-electron chi connectivity index (χ2n) is 8.00. The van der Waals surface area contributed by atoms with Gasteiger partial charge in [-0.25, -0.2) is 0 Å². The standard InChI is InChI=1S/C23H28N4O2.ClH/c1-16(26-14-20(21(24)15-26)17-6-3-2-4-7-17)23(29)25-18-9-11-19(12-10-18)27-13-5-8-22(27)28;/h2-4,6-7,9-12,16,20-21H,5,8,13-15,24H2,1H3,(H,25,29);1H/t16?,20-,21+;/m0./s1. The quantitative estimate of drug-likeness (QED) is 0.767. The van der Waals surface area contributed by atoms with E-state index in [2.05, 4.69) is 22.3 Å². The highest BCUT2D eigenvalue weighted by Crippen LogP contribution is 2.28. The summed E-state index contributed by atoms with van der Waals surface area (Å²) in [5.74, 6) is 0.355. The summed E-state index contributed by atoms with van der Waals surface area (Å²) < 4.78 is 0. The van der Waals surface area contributed by atoms with Crippen LogP contribution in [0.25, 0.3) is 0 Å². The zero-order chi connectivity index (χ0) is 20.4. The molecule has 30 heavy (non-hydrogen) atoms. The van der Waals surface area contributed by atoms with Crippen LogP contribution in [0.4, 0.5) is 11.4 Å². The van der Waals surface area contributed by atoms with Crippen LogP contribution in [0.1, 0.15) is 31.2 Å². The summed E-state index contributed by atoms with van der Waals surface area (Å²) in [5.41, 5.74) is 9.22. The van der Waals surface area contributed by atoms with E-state index in [0.29, 0.717) is 13.0 Å². The Morgan fingerprint density at radius 2 is 1.80 bits per heavy atom. The van der Waals surface area contributed by atoms with E-state index in [0.717, 1.165) is 30.9 Å². The Balaban J connectivity index is 0.00000256. The minimum Gasteiger partial charge on any atom is -0.326 e. The molecule has 2 aliphatic rings. The highest BCUT2D eigenvalue weighted by molar-refractivity contribution is 5.97. The normalized spacial score (nSPS) is 22.6. The molecule has 0 aromatic heterocycles. The fourth-order valence-corrected chi connectivity index (χ4v) is 4.29. The van der Waals surface area contributed by atoms with E-state index in [-0.39, 0.29) is 42.2 Å². The third-order valence-electron chi connectivity index (χ3n) is 6.07. The van der Waals surface area contributed by atoms with Crippen molar-refractivity contribution < 1.29 is 9.59 Å². The summed E-state index contributed by atoms with van der Waals surface area (Å²) in [4.78, 5) is 28.6. The van der Waals surface area contributed by atoms with Crippen LogP contribution in [0, 0.1) is 0 Å². The Morgan fingerprint density at radius 1 is 1.10 bits per heavy atom. The molecule has 2 aliphatic heterocycles. The number of carbonyl (C=O) groups is 2. The van der Waals surface area contributed by atoms with Gasteiger partial charge in [0.25, 0.3) is 0 Å². The molecule has 7 heteroatoms. The molecule has 1 unspecified atom stereocenters. The summed E-state index contributed by atoms with van der Waals surface area (Å²) in [5, 5.41) is 2.99. The molecular weight excluding hydrogens is 400 g/mol. The van der Waals surface area contributed by atoms with Gasteiger partial charge >= 0.3 is 0 Å². The van der Waals surface area contributed by atoms with E-state index in [1.807, 2.05) is 49.4 Å². The number of nitrogens with one attached hydrogen (secondary N) is 1. The number of anilines is 2. The lowest BCUT2D eigenvalue weighted by molar-refractivity contribution is -0.120. The van der Waals surface area contributed by atoms with Crippen LogP contribution >= 0.6 is 12.4 Å². The molecule has 0 saturated carbocycles. The Labute approximate surface area is 183 Å². The number of carbonyl (C=O) groups excluding carboxylic acids is 2. The molecule has 0 bridgehead atoms. The first-order valence-corrected chi connectivity index (χ1v) is 10.3. The summed E-state index contributed by atoms with van der Waals surface area (Å²) in [7, 11) is 0. The van der Waals surface area contributed by atoms with E-state index in [9.17, 15) is 9.59 Å². The van der Waals surface area contributed by atoms with Gasteiger partial charge in [0.2, 0.25) is 11.8 Å². The topological polar surface area (TPSA) is 78.7 Å². The van der Waals surface area contributed by atoms with Gasteiger partial charge in [0.1, 0.15) is 0 Å². The number of amides is 2. The van der Waals surface area contributed by atoms with Crippen molar-refractivity contribution in [1.82, 2.24) is 4.90 Å². The smallest absolute Gasteiger partial charge is 0.241 e. The van der Waals surface area contributed by atoms with Crippen LogP contribution in [0.5, 0.6) is 0 Å². The first-order chi connectivity index (χ1) is 14.0. The van der Waals surface area contributed by atoms with E-state index >= 15 is 0 Å². The molecule has 2 aromatic carbocycles. The molecule has 2 aromatic rings. The van der Waals surface area contributed by atoms with Crippen molar-refractivity contribution in [3.63, 3.8) is 0 Å². The fourth-order valence-electron chi connectivity index (χ4n) is 4.29. The number of hydrogen-bond donors (Lipinski definition) is 2. The molecule has 3 N–H and O–H groups in total. The summed E-state index contributed by atoms with van der Waals surface area (Å²) in [6.45, 7) is 4.16. The lowest BCUT2D eigenvalue weighted by atomic mass is 9.95. The van der Waals surface area contributed by atoms with Gasteiger partial charge < -0.3 is 16.0 Å². The van der Waals surface area contributed by atoms with Crippen LogP contribution in [0.2, 0.25) is 0 Å². The zero-order valence-corrected chi connectivity index (χ0v) is 18.0. The van der Waals surface area contributed by atoms with Gasteiger partial charge in [-0.1, -0.05) is 30.3 Å². The predicted molar refractivity (Wildman–Crippen MR) is 122 cm³/mol. The third kappa shape index (κ3) is 4.67. The highest BCUT2D eigenvalue weighted by atomic mass is 35.5. The van der Waals surface area contributed by atoms with Crippen molar-refractivity contribution in [2.24, 2.45) is 5.73 Å². The fraction of sp³-hybridized carbons (Fsp3) is 0.391. The van der Waals surface area contributed by atoms with Crippen LogP contribution in [0.15, 0.2) is 54.6 Å². The van der Waals surface area contributed by atoms with Crippen LogP contribution in [-0.4, -0.2) is 48.4 Å². The second kappa shape index (κ2) is 9.60. The van der Waals surface area contributed by atoms with Crippen LogP contribution in [-0.2, 0) is 9.59 Å². The van der Waals surface area contributed by atoms with Crippen molar-refractivity contribution in [2.45, 2.75) is 37.8 Å². The lowest BCUT2D eigenvalue weighted by Gasteiger charge is -2.23. The van der Waals surface area contributed by atoms with Crippen LogP contribution < -0.4 is 16.0 Å². The van der Waals surface area contributed by atoms with Gasteiger partial charge in [0, 0.05) is 49.4 Å². The minimum atomic E-state index is -0.269. The molecule has 3 atom stereocenters. The van der Waals surface area contributed by atoms with E-state index in [1.54, 1.807) is 4.90 Å². The molecular formula is C23H29ClN4O2. The Kier molecular flexibility index (Phi) is 7.13. The average molecular weight is 429 g/mol. The predicted octanol–water partition coefficient (Wildman–Crippen LogP) is 2.99. The molecule has 0 radical (unpaired) electrons. The SMILES string of the molecule is CC(C(=O)Nc1ccc(N2CCCC2=O)cc1)N1C[C@@H](N)[C@H](c2ccccc2)C1.Cl. The molecule has 0 spiro atoms. The van der Waals surface area contributed by atoms with Crippen molar-refractivity contribution >= 4 is 35.6 Å². The molecule has 2 fully saturated rings. The van der Waals surface area contributed by atoms with Gasteiger partial charge in [0.15, 0.2) is 0 Å². The Morgan fingerprint density at radius 3 is 2.43 bits per heavy atom. The van der Waals surface area contributed by atoms with Crippen LogP contribution in [0.3, 0.4) is 0 Å². The molecule has 2 heterocycles. The maximum absolute atomic E-state index is 12.8. The third-order valence-corrected chi connectivity index (χ3v) is 6.07. The minimum absolute atomic E-state index is 0. The number of hydrogen-bond acceptors (Lipinski definition) is 4. The Bertz CT molecular complexity index is 875. The first-order valence-electron chi connectivity index (χ1n) is 10.3. The van der Waals surface area contributed by atoms with Crippen molar-refractivity contribution in [1.29, 1.82) is 0 Å². The van der Waals surface area contributed by atoms with Crippen molar-refractivity contribution in [3.8, 4) is 0 Å². The Hall–Kier alpha value is -2.41. The van der Waals surface area contributed by atoms with Crippen molar-refractivity contribution in [3.05, 3.63) is 60.2 Å². The molecule has 2 saturated heterocycles. The summed E-state index contributed by atoms with van der Waals surface area (Å²) >= 11 is 0. The molecule has 6 nitrogen and oxygen atoms in total. The van der Waals surface area contributed by atoms with Gasteiger partial charge in [-0.05, 0) is 43.2 Å². The van der Waals surface area contributed by atoms with E-state index in [1.165, 1.54) is 5.56 Å². The first kappa shape index (κ1) is 22.3. The number of nitrogens with two attached hydrogens (primary N) is 1. The maximum atomic E-state index is 12.8. The molecule has 0 aliphatic carbocycles. The summed E-state index contributed by atoms with van der Waals surface area (Å²) in [6, 6.07) is 17.5. The van der Waals surface area contributed by atoms with Gasteiger partial charge in [-0.2, -0.15) is 0 Å². The number of likely N-dealkylation sites (tertiary alicyclic amines) is 1. The molecule has 2 amide bonds. The highest BCUT2D eigenvalue weighted by Gasteiger charge is 2.35. The van der Waals surface area contributed by atoms with Crippen molar-refractivity contribution in [2.75, 3.05) is 29.9 Å². The second-order valence-corrected chi connectivity index (χ2v) is 8.00.